The molecular weight excluding hydrogens is 183 g/mol. The zero-order chi connectivity index (χ0) is 6.69. The monoisotopic (exact) mass is 200 g/mol. The van der Waals surface area contributed by atoms with Gasteiger partial charge in [0.2, 0.25) is 0 Å². The molecule has 1 saturated heterocycles. The number of nitrogens with two attached hydrogens (primary N) is 1. The van der Waals surface area contributed by atoms with E-state index < -0.39 is 0 Å². The number of nitrogens with zero attached hydrogens (tertiary/aromatic N) is 1. The molecule has 0 aromatic rings. The fraction of sp³-hybridized carbons (Fsp3) is 1.00. The van der Waals surface area contributed by atoms with E-state index in [0.29, 0.717) is 0 Å². The van der Waals surface area contributed by atoms with Crippen LogP contribution in [0.5, 0.6) is 0 Å². The SMILES string of the molecule is CN1CCC(CCN)C1.Cl.Cl. The highest BCUT2D eigenvalue weighted by Gasteiger charge is 2.17. The van der Waals surface area contributed by atoms with Crippen LogP contribution in [0.4, 0.5) is 0 Å². The van der Waals surface area contributed by atoms with Gasteiger partial charge in [-0.25, -0.2) is 0 Å². The van der Waals surface area contributed by atoms with Crippen molar-refractivity contribution in [2.75, 3.05) is 26.7 Å². The van der Waals surface area contributed by atoms with Crippen molar-refractivity contribution in [1.29, 1.82) is 0 Å². The molecule has 0 spiro atoms. The first-order valence-corrected chi connectivity index (χ1v) is 3.71. The maximum atomic E-state index is 5.44. The normalized spacial score (nSPS) is 24.0. The van der Waals surface area contributed by atoms with Crippen LogP contribution in [0.1, 0.15) is 12.8 Å². The Hall–Kier alpha value is 0.500. The van der Waals surface area contributed by atoms with E-state index in [1.54, 1.807) is 0 Å². The van der Waals surface area contributed by atoms with Crippen LogP contribution in [0.25, 0.3) is 0 Å². The maximum absolute atomic E-state index is 5.44. The molecule has 1 unspecified atom stereocenters. The Labute approximate surface area is 81.3 Å². The molecule has 1 rings (SSSR count). The van der Waals surface area contributed by atoms with Crippen LogP contribution >= 0.6 is 24.8 Å². The summed E-state index contributed by atoms with van der Waals surface area (Å²) in [6, 6.07) is 0. The molecule has 1 fully saturated rings. The van der Waals surface area contributed by atoms with E-state index in [0.717, 1.165) is 12.5 Å². The Balaban J connectivity index is 0. The summed E-state index contributed by atoms with van der Waals surface area (Å²) < 4.78 is 0. The molecule has 0 amide bonds. The first-order valence-electron chi connectivity index (χ1n) is 3.71. The largest absolute Gasteiger partial charge is 0.330 e. The topological polar surface area (TPSA) is 29.3 Å². The van der Waals surface area contributed by atoms with Gasteiger partial charge >= 0.3 is 0 Å². The number of hydrogen-bond acceptors (Lipinski definition) is 2. The van der Waals surface area contributed by atoms with E-state index in [1.807, 2.05) is 0 Å². The van der Waals surface area contributed by atoms with Crippen LogP contribution < -0.4 is 5.73 Å². The van der Waals surface area contributed by atoms with Crippen molar-refractivity contribution in [2.24, 2.45) is 11.7 Å². The summed E-state index contributed by atoms with van der Waals surface area (Å²) in [5.41, 5.74) is 5.44. The zero-order valence-corrected chi connectivity index (χ0v) is 8.59. The second-order valence-corrected chi connectivity index (χ2v) is 2.99. The summed E-state index contributed by atoms with van der Waals surface area (Å²) >= 11 is 0. The molecule has 1 aliphatic heterocycles. The predicted molar refractivity (Wildman–Crippen MR) is 53.8 cm³/mol. The summed E-state index contributed by atoms with van der Waals surface area (Å²) in [7, 11) is 2.18. The Bertz CT molecular complexity index is 88.5. The Kier molecular flexibility index (Phi) is 9.15. The lowest BCUT2D eigenvalue weighted by Crippen LogP contribution is -2.15. The fourth-order valence-electron chi connectivity index (χ4n) is 1.50. The van der Waals surface area contributed by atoms with Crippen LogP contribution in [0.3, 0.4) is 0 Å². The molecule has 0 aromatic heterocycles. The van der Waals surface area contributed by atoms with Gasteiger partial charge in [0.05, 0.1) is 0 Å². The Morgan fingerprint density at radius 1 is 1.45 bits per heavy atom. The lowest BCUT2D eigenvalue weighted by Gasteiger charge is -2.07. The Morgan fingerprint density at radius 3 is 2.45 bits per heavy atom. The van der Waals surface area contributed by atoms with Crippen molar-refractivity contribution in [3.8, 4) is 0 Å². The van der Waals surface area contributed by atoms with Crippen molar-refractivity contribution < 1.29 is 0 Å². The lowest BCUT2D eigenvalue weighted by molar-refractivity contribution is 0.389. The first-order chi connectivity index (χ1) is 4.33. The van der Waals surface area contributed by atoms with Gasteiger partial charge in [-0.3, -0.25) is 0 Å². The average Bonchev–Trinajstić information content (AvgIpc) is 2.17. The Morgan fingerprint density at radius 2 is 2.09 bits per heavy atom. The standard InChI is InChI=1S/C7H16N2.2ClH/c1-9-5-3-7(6-9)2-4-8;;/h7H,2-6,8H2,1H3;2*1H. The molecular formula is C7H18Cl2N2. The van der Waals surface area contributed by atoms with E-state index in [4.69, 9.17) is 5.73 Å². The highest BCUT2D eigenvalue weighted by Crippen LogP contribution is 2.16. The molecule has 1 heterocycles. The third-order valence-corrected chi connectivity index (χ3v) is 2.06. The molecule has 0 bridgehead atoms. The molecule has 0 aliphatic carbocycles. The molecule has 70 valence electrons. The maximum Gasteiger partial charge on any atom is 0.000756 e. The molecule has 4 heteroatoms. The summed E-state index contributed by atoms with van der Waals surface area (Å²) in [4.78, 5) is 2.38. The number of hydrogen-bond donors (Lipinski definition) is 1. The second-order valence-electron chi connectivity index (χ2n) is 2.99. The van der Waals surface area contributed by atoms with E-state index >= 15 is 0 Å². The lowest BCUT2D eigenvalue weighted by atomic mass is 10.1. The van der Waals surface area contributed by atoms with Crippen molar-refractivity contribution in [3.63, 3.8) is 0 Å². The van der Waals surface area contributed by atoms with Gasteiger partial charge in [0.25, 0.3) is 0 Å². The minimum Gasteiger partial charge on any atom is -0.330 e. The zero-order valence-electron chi connectivity index (χ0n) is 6.95. The van der Waals surface area contributed by atoms with Gasteiger partial charge in [0, 0.05) is 6.54 Å². The summed E-state index contributed by atoms with van der Waals surface area (Å²) in [5.74, 6) is 0.889. The van der Waals surface area contributed by atoms with Crippen molar-refractivity contribution in [2.45, 2.75) is 12.8 Å². The molecule has 0 saturated carbocycles. The van der Waals surface area contributed by atoms with E-state index in [2.05, 4.69) is 11.9 Å². The number of halogens is 2. The van der Waals surface area contributed by atoms with Gasteiger partial charge in [0.1, 0.15) is 0 Å². The average molecular weight is 201 g/mol. The van der Waals surface area contributed by atoms with Crippen LogP contribution in [-0.2, 0) is 0 Å². The first kappa shape index (κ1) is 14.0. The summed E-state index contributed by atoms with van der Waals surface area (Å²) in [6.45, 7) is 3.39. The van der Waals surface area contributed by atoms with Crippen LogP contribution in [0.15, 0.2) is 0 Å². The van der Waals surface area contributed by atoms with E-state index in [1.165, 1.54) is 25.9 Å². The summed E-state index contributed by atoms with van der Waals surface area (Å²) in [6.07, 6.45) is 2.57. The molecule has 1 atom stereocenters. The van der Waals surface area contributed by atoms with Gasteiger partial charge in [-0.1, -0.05) is 0 Å². The molecule has 1 aliphatic rings. The van der Waals surface area contributed by atoms with Gasteiger partial charge in [0.15, 0.2) is 0 Å². The van der Waals surface area contributed by atoms with Gasteiger partial charge in [-0.05, 0) is 38.9 Å². The fourth-order valence-corrected chi connectivity index (χ4v) is 1.50. The smallest absolute Gasteiger partial charge is 0.000756 e. The van der Waals surface area contributed by atoms with Crippen molar-refractivity contribution in [1.82, 2.24) is 4.90 Å². The van der Waals surface area contributed by atoms with Gasteiger partial charge in [-0.2, -0.15) is 0 Å². The summed E-state index contributed by atoms with van der Waals surface area (Å²) in [5, 5.41) is 0. The van der Waals surface area contributed by atoms with Gasteiger partial charge in [-0.15, -0.1) is 24.8 Å². The second kappa shape index (κ2) is 7.17. The molecule has 11 heavy (non-hydrogen) atoms. The molecule has 0 radical (unpaired) electrons. The molecule has 2 N–H and O–H groups in total. The van der Waals surface area contributed by atoms with Crippen LogP contribution in [-0.4, -0.2) is 31.6 Å². The van der Waals surface area contributed by atoms with Crippen molar-refractivity contribution in [3.05, 3.63) is 0 Å². The minimum absolute atomic E-state index is 0. The van der Waals surface area contributed by atoms with Gasteiger partial charge < -0.3 is 10.6 Å². The number of likely N-dealkylation sites (tertiary alicyclic amines) is 1. The van der Waals surface area contributed by atoms with Crippen molar-refractivity contribution >= 4 is 24.8 Å². The quantitative estimate of drug-likeness (QED) is 0.725. The predicted octanol–water partition coefficient (Wildman–Crippen LogP) is 1.13. The van der Waals surface area contributed by atoms with Crippen LogP contribution in [0.2, 0.25) is 0 Å². The third-order valence-electron chi connectivity index (χ3n) is 2.06. The van der Waals surface area contributed by atoms with E-state index in [-0.39, 0.29) is 24.8 Å². The minimum atomic E-state index is 0. The highest BCUT2D eigenvalue weighted by atomic mass is 35.5. The molecule has 0 aromatic carbocycles. The van der Waals surface area contributed by atoms with E-state index in [9.17, 15) is 0 Å². The molecule has 2 nitrogen and oxygen atoms in total. The van der Waals surface area contributed by atoms with Crippen LogP contribution in [0, 0.1) is 5.92 Å². The third kappa shape index (κ3) is 4.86. The number of rotatable bonds is 2. The highest BCUT2D eigenvalue weighted by molar-refractivity contribution is 5.85.